The summed E-state index contributed by atoms with van der Waals surface area (Å²) in [5.41, 5.74) is 9.67. The third-order valence-electron chi connectivity index (χ3n) is 4.20. The van der Waals surface area contributed by atoms with Crippen molar-refractivity contribution in [1.82, 2.24) is 0 Å². The van der Waals surface area contributed by atoms with Crippen molar-refractivity contribution in [3.63, 3.8) is 0 Å². The van der Waals surface area contributed by atoms with Crippen molar-refractivity contribution in [1.29, 1.82) is 0 Å². The number of nitrogens with two attached hydrogens (primary N) is 1. The summed E-state index contributed by atoms with van der Waals surface area (Å²) in [7, 11) is 0. The van der Waals surface area contributed by atoms with Gasteiger partial charge in [0.15, 0.2) is 0 Å². The summed E-state index contributed by atoms with van der Waals surface area (Å²) in [5.74, 6) is 0. The van der Waals surface area contributed by atoms with E-state index in [1.807, 2.05) is 0 Å². The molecule has 1 aliphatic carbocycles. The Morgan fingerprint density at radius 3 is 2.24 bits per heavy atom. The van der Waals surface area contributed by atoms with Crippen LogP contribution in [0.4, 0.5) is 5.69 Å². The van der Waals surface area contributed by atoms with Crippen molar-refractivity contribution in [3.05, 3.63) is 65.7 Å². The van der Waals surface area contributed by atoms with Gasteiger partial charge in [0.05, 0.1) is 0 Å². The minimum absolute atomic E-state index is 0.623. The zero-order valence-electron chi connectivity index (χ0n) is 12.5. The van der Waals surface area contributed by atoms with Gasteiger partial charge in [0.25, 0.3) is 0 Å². The first-order valence-electron chi connectivity index (χ1n) is 7.96. The molecule has 0 amide bonds. The van der Waals surface area contributed by atoms with Crippen LogP contribution in [0.5, 0.6) is 0 Å². The number of aryl methyl sites for hydroxylation is 1. The van der Waals surface area contributed by atoms with E-state index in [9.17, 15) is 0 Å². The van der Waals surface area contributed by atoms with Crippen LogP contribution in [0.3, 0.4) is 0 Å². The van der Waals surface area contributed by atoms with Crippen LogP contribution in [0.1, 0.15) is 30.4 Å². The molecule has 0 aliphatic heterocycles. The first-order valence-corrected chi connectivity index (χ1v) is 7.96. The number of hydrogen-bond acceptors (Lipinski definition) is 2. The standard InChI is InChI=1S/C19H24N2/c20-15-17-8-10-18(11-9-17)21(19-12-13-19)14-4-7-16-5-2-1-3-6-16/h1-3,5-6,8-11,19H,4,7,12-15,20H2. The van der Waals surface area contributed by atoms with E-state index >= 15 is 0 Å². The zero-order chi connectivity index (χ0) is 14.5. The van der Waals surface area contributed by atoms with Gasteiger partial charge in [-0.05, 0) is 48.9 Å². The summed E-state index contributed by atoms with van der Waals surface area (Å²) in [4.78, 5) is 2.57. The van der Waals surface area contributed by atoms with Crippen LogP contribution < -0.4 is 10.6 Å². The van der Waals surface area contributed by atoms with Crippen LogP contribution >= 0.6 is 0 Å². The topological polar surface area (TPSA) is 29.3 Å². The summed E-state index contributed by atoms with van der Waals surface area (Å²) in [6, 6.07) is 20.3. The molecule has 0 atom stereocenters. The van der Waals surface area contributed by atoms with Gasteiger partial charge in [0, 0.05) is 24.8 Å². The van der Waals surface area contributed by atoms with Gasteiger partial charge in [-0.3, -0.25) is 0 Å². The van der Waals surface area contributed by atoms with Gasteiger partial charge in [-0.15, -0.1) is 0 Å². The fourth-order valence-corrected chi connectivity index (χ4v) is 2.83. The maximum atomic E-state index is 5.68. The van der Waals surface area contributed by atoms with E-state index in [4.69, 9.17) is 5.73 Å². The molecule has 3 rings (SSSR count). The number of hydrogen-bond donors (Lipinski definition) is 1. The molecule has 21 heavy (non-hydrogen) atoms. The van der Waals surface area contributed by atoms with Crippen LogP contribution in [0.25, 0.3) is 0 Å². The molecule has 2 heteroatoms. The van der Waals surface area contributed by atoms with E-state index in [-0.39, 0.29) is 0 Å². The molecule has 110 valence electrons. The van der Waals surface area contributed by atoms with E-state index in [2.05, 4.69) is 59.5 Å². The molecule has 0 bridgehead atoms. The molecule has 0 heterocycles. The highest BCUT2D eigenvalue weighted by atomic mass is 15.2. The molecular formula is C19H24N2. The van der Waals surface area contributed by atoms with Crippen molar-refractivity contribution < 1.29 is 0 Å². The van der Waals surface area contributed by atoms with Gasteiger partial charge in [0.1, 0.15) is 0 Å². The number of rotatable bonds is 7. The minimum atomic E-state index is 0.623. The number of nitrogens with zero attached hydrogens (tertiary/aromatic N) is 1. The second-order valence-electron chi connectivity index (χ2n) is 5.88. The van der Waals surface area contributed by atoms with E-state index in [0.29, 0.717) is 6.54 Å². The first-order chi connectivity index (χ1) is 10.4. The summed E-state index contributed by atoms with van der Waals surface area (Å²) in [6.07, 6.45) is 5.04. The lowest BCUT2D eigenvalue weighted by Gasteiger charge is -2.25. The molecule has 1 fully saturated rings. The van der Waals surface area contributed by atoms with Crippen LogP contribution in [0.15, 0.2) is 54.6 Å². The van der Waals surface area contributed by atoms with E-state index < -0.39 is 0 Å². The average Bonchev–Trinajstić information content (AvgIpc) is 3.38. The van der Waals surface area contributed by atoms with Crippen LogP contribution in [-0.4, -0.2) is 12.6 Å². The van der Waals surface area contributed by atoms with Crippen molar-refractivity contribution >= 4 is 5.69 Å². The van der Waals surface area contributed by atoms with Gasteiger partial charge in [-0.2, -0.15) is 0 Å². The Morgan fingerprint density at radius 2 is 1.62 bits per heavy atom. The Morgan fingerprint density at radius 1 is 0.905 bits per heavy atom. The SMILES string of the molecule is NCc1ccc(N(CCCc2ccccc2)C2CC2)cc1. The van der Waals surface area contributed by atoms with Crippen molar-refractivity contribution in [3.8, 4) is 0 Å². The van der Waals surface area contributed by atoms with Gasteiger partial charge >= 0.3 is 0 Å². The van der Waals surface area contributed by atoms with Gasteiger partial charge in [-0.1, -0.05) is 42.5 Å². The first kappa shape index (κ1) is 14.2. The number of benzene rings is 2. The molecular weight excluding hydrogens is 256 g/mol. The minimum Gasteiger partial charge on any atom is -0.369 e. The average molecular weight is 280 g/mol. The maximum Gasteiger partial charge on any atom is 0.0368 e. The Kier molecular flexibility index (Phi) is 4.56. The van der Waals surface area contributed by atoms with Crippen molar-refractivity contribution in [2.24, 2.45) is 5.73 Å². The van der Waals surface area contributed by atoms with Crippen LogP contribution in [0.2, 0.25) is 0 Å². The fourth-order valence-electron chi connectivity index (χ4n) is 2.83. The lowest BCUT2D eigenvalue weighted by atomic mass is 10.1. The Bertz CT molecular complexity index is 544. The summed E-state index contributed by atoms with van der Waals surface area (Å²) < 4.78 is 0. The second-order valence-corrected chi connectivity index (χ2v) is 5.88. The number of anilines is 1. The molecule has 0 spiro atoms. The Hall–Kier alpha value is -1.80. The molecule has 0 radical (unpaired) electrons. The molecule has 2 N–H and O–H groups in total. The van der Waals surface area contributed by atoms with Crippen molar-refractivity contribution in [2.45, 2.75) is 38.3 Å². The smallest absolute Gasteiger partial charge is 0.0368 e. The lowest BCUT2D eigenvalue weighted by molar-refractivity contribution is 0.725. The van der Waals surface area contributed by atoms with Crippen LogP contribution in [0, 0.1) is 0 Å². The highest BCUT2D eigenvalue weighted by molar-refractivity contribution is 5.49. The summed E-state index contributed by atoms with van der Waals surface area (Å²) in [5, 5.41) is 0. The molecule has 0 saturated heterocycles. The van der Waals surface area contributed by atoms with Gasteiger partial charge < -0.3 is 10.6 Å². The third kappa shape index (κ3) is 3.85. The predicted molar refractivity (Wildman–Crippen MR) is 89.5 cm³/mol. The lowest BCUT2D eigenvalue weighted by Crippen LogP contribution is -2.27. The summed E-state index contributed by atoms with van der Waals surface area (Å²) >= 11 is 0. The highest BCUT2D eigenvalue weighted by Crippen LogP contribution is 2.32. The van der Waals surface area contributed by atoms with E-state index in [1.54, 1.807) is 0 Å². The van der Waals surface area contributed by atoms with Crippen molar-refractivity contribution in [2.75, 3.05) is 11.4 Å². The fraction of sp³-hybridized carbons (Fsp3) is 0.368. The summed E-state index contributed by atoms with van der Waals surface area (Å²) in [6.45, 7) is 1.76. The quantitative estimate of drug-likeness (QED) is 0.837. The van der Waals surface area contributed by atoms with Crippen LogP contribution in [-0.2, 0) is 13.0 Å². The molecule has 0 aromatic heterocycles. The third-order valence-corrected chi connectivity index (χ3v) is 4.20. The highest BCUT2D eigenvalue weighted by Gasteiger charge is 2.28. The molecule has 1 saturated carbocycles. The molecule has 2 nitrogen and oxygen atoms in total. The Balaban J connectivity index is 1.59. The maximum absolute atomic E-state index is 5.68. The molecule has 2 aromatic rings. The monoisotopic (exact) mass is 280 g/mol. The van der Waals surface area contributed by atoms with E-state index in [0.717, 1.165) is 19.0 Å². The van der Waals surface area contributed by atoms with Gasteiger partial charge in [-0.25, -0.2) is 0 Å². The van der Waals surface area contributed by atoms with E-state index in [1.165, 1.54) is 36.1 Å². The molecule has 1 aliphatic rings. The predicted octanol–water partition coefficient (Wildman–Crippen LogP) is 3.75. The normalized spacial score (nSPS) is 14.1. The second kappa shape index (κ2) is 6.77. The largest absolute Gasteiger partial charge is 0.369 e. The zero-order valence-corrected chi connectivity index (χ0v) is 12.5. The molecule has 2 aromatic carbocycles. The molecule has 0 unspecified atom stereocenters. The van der Waals surface area contributed by atoms with Gasteiger partial charge in [0.2, 0.25) is 0 Å². The Labute approximate surface area is 127 Å².